The summed E-state index contributed by atoms with van der Waals surface area (Å²) in [7, 11) is 4.48. The van der Waals surface area contributed by atoms with Gasteiger partial charge in [0.1, 0.15) is 17.1 Å². The number of halogens is 3. The molecule has 0 saturated heterocycles. The molecule has 3 heterocycles. The number of alkyl halides is 3. The molecule has 0 saturated carbocycles. The van der Waals surface area contributed by atoms with E-state index in [-0.39, 0.29) is 23.2 Å². The van der Waals surface area contributed by atoms with Crippen molar-refractivity contribution in [3.63, 3.8) is 0 Å². The van der Waals surface area contributed by atoms with Gasteiger partial charge in [-0.15, -0.1) is 5.10 Å². The van der Waals surface area contributed by atoms with Gasteiger partial charge in [-0.25, -0.2) is 14.6 Å². The second-order valence-electron chi connectivity index (χ2n) is 7.07. The number of hydrogen-bond donors (Lipinski definition) is 1. The van der Waals surface area contributed by atoms with Gasteiger partial charge >= 0.3 is 6.18 Å². The normalized spacial score (nSPS) is 11.5. The van der Waals surface area contributed by atoms with E-state index in [1.807, 2.05) is 13.1 Å². The molecular formula is C21H20F3N7O2. The van der Waals surface area contributed by atoms with E-state index >= 15 is 0 Å². The maximum atomic E-state index is 13.1. The highest BCUT2D eigenvalue weighted by Gasteiger charge is 2.31. The van der Waals surface area contributed by atoms with Gasteiger partial charge in [0.05, 0.1) is 37.5 Å². The van der Waals surface area contributed by atoms with Crippen molar-refractivity contribution in [2.24, 2.45) is 7.05 Å². The topological polar surface area (TPSA) is 91.9 Å². The molecule has 12 heteroatoms. The van der Waals surface area contributed by atoms with E-state index in [1.165, 1.54) is 25.0 Å². The number of nitrogens with zero attached hydrogens (tertiary/aromatic N) is 6. The van der Waals surface area contributed by atoms with Gasteiger partial charge in [-0.3, -0.25) is 0 Å². The predicted octanol–water partition coefficient (Wildman–Crippen LogP) is 4.15. The lowest BCUT2D eigenvalue weighted by Gasteiger charge is -2.13. The minimum Gasteiger partial charge on any atom is -0.495 e. The number of methoxy groups -OCH3 is 2. The van der Waals surface area contributed by atoms with E-state index in [2.05, 4.69) is 25.4 Å². The first kappa shape index (κ1) is 22.1. The van der Waals surface area contributed by atoms with Gasteiger partial charge < -0.3 is 19.4 Å². The molecule has 0 aliphatic carbocycles. The molecule has 0 atom stereocenters. The highest BCUT2D eigenvalue weighted by atomic mass is 19.4. The molecule has 33 heavy (non-hydrogen) atoms. The Kier molecular flexibility index (Phi) is 5.66. The predicted molar refractivity (Wildman–Crippen MR) is 114 cm³/mol. The number of pyridine rings is 1. The largest absolute Gasteiger partial charge is 0.495 e. The Hall–Kier alpha value is -4.09. The van der Waals surface area contributed by atoms with Crippen LogP contribution in [0.2, 0.25) is 0 Å². The van der Waals surface area contributed by atoms with Crippen molar-refractivity contribution in [2.75, 3.05) is 19.5 Å². The van der Waals surface area contributed by atoms with Crippen molar-refractivity contribution >= 4 is 11.6 Å². The first-order chi connectivity index (χ1) is 15.7. The molecule has 0 aliphatic rings. The Morgan fingerprint density at radius 1 is 1.03 bits per heavy atom. The third-order valence-electron chi connectivity index (χ3n) is 4.79. The first-order valence-corrected chi connectivity index (χ1v) is 9.69. The average molecular weight is 459 g/mol. The van der Waals surface area contributed by atoms with Crippen molar-refractivity contribution in [3.05, 3.63) is 54.1 Å². The van der Waals surface area contributed by atoms with E-state index in [0.29, 0.717) is 17.3 Å². The van der Waals surface area contributed by atoms with Crippen LogP contribution in [0, 0.1) is 6.92 Å². The number of ether oxygens (including phenoxy) is 2. The van der Waals surface area contributed by atoms with E-state index in [9.17, 15) is 13.2 Å². The molecule has 0 bridgehead atoms. The van der Waals surface area contributed by atoms with Crippen LogP contribution in [0.3, 0.4) is 0 Å². The molecule has 1 N–H and O–H groups in total. The summed E-state index contributed by atoms with van der Waals surface area (Å²) in [6, 6.07) is 6.66. The molecule has 172 valence electrons. The van der Waals surface area contributed by atoms with E-state index in [1.54, 1.807) is 30.1 Å². The summed E-state index contributed by atoms with van der Waals surface area (Å²) in [5.41, 5.74) is 1.24. The zero-order chi connectivity index (χ0) is 23.8. The van der Waals surface area contributed by atoms with Gasteiger partial charge in [0, 0.05) is 13.2 Å². The fourth-order valence-electron chi connectivity index (χ4n) is 3.16. The Morgan fingerprint density at radius 3 is 2.45 bits per heavy atom. The zero-order valence-electron chi connectivity index (χ0n) is 18.2. The van der Waals surface area contributed by atoms with E-state index in [4.69, 9.17) is 9.47 Å². The quantitative estimate of drug-likeness (QED) is 0.463. The SMILES string of the molecule is COc1ccc(C(F)(F)F)cc1Nc1nc(-c2ccc(-n3cnc(C)c3)c(OC)n2)nn1C. The molecule has 9 nitrogen and oxygen atoms in total. The maximum absolute atomic E-state index is 13.1. The molecule has 0 spiro atoms. The number of aromatic nitrogens is 6. The van der Waals surface area contributed by atoms with E-state index in [0.717, 1.165) is 17.8 Å². The van der Waals surface area contributed by atoms with Crippen LogP contribution in [0.1, 0.15) is 11.3 Å². The minimum absolute atomic E-state index is 0.103. The van der Waals surface area contributed by atoms with Gasteiger partial charge in [0.15, 0.2) is 0 Å². The molecule has 0 unspecified atom stereocenters. The standard InChI is InChI=1S/C21H20F3N7O2/c1-12-10-31(11-25-12)16-7-6-14(26-19(16)33-4)18-28-20(30(2)29-18)27-15-9-13(21(22,23)24)5-8-17(15)32-3/h5-11H,1-4H3,(H,27,28,29). The molecule has 0 fully saturated rings. The minimum atomic E-state index is -4.50. The maximum Gasteiger partial charge on any atom is 0.416 e. The summed E-state index contributed by atoms with van der Waals surface area (Å²) >= 11 is 0. The summed E-state index contributed by atoms with van der Waals surface area (Å²) in [4.78, 5) is 13.1. The van der Waals surface area contributed by atoms with Crippen LogP contribution >= 0.6 is 0 Å². The average Bonchev–Trinajstić information content (AvgIpc) is 3.38. The molecule has 0 amide bonds. The number of hydrogen-bond acceptors (Lipinski definition) is 7. The third-order valence-corrected chi connectivity index (χ3v) is 4.79. The van der Waals surface area contributed by atoms with Crippen LogP contribution in [-0.2, 0) is 13.2 Å². The Morgan fingerprint density at radius 2 is 1.82 bits per heavy atom. The van der Waals surface area contributed by atoms with Gasteiger partial charge in [-0.05, 0) is 37.3 Å². The lowest BCUT2D eigenvalue weighted by atomic mass is 10.2. The summed E-state index contributed by atoms with van der Waals surface area (Å²) < 4.78 is 53.2. The summed E-state index contributed by atoms with van der Waals surface area (Å²) in [5, 5.41) is 7.18. The number of rotatable bonds is 6. The number of benzene rings is 1. The summed E-state index contributed by atoms with van der Waals surface area (Å²) in [6.45, 7) is 1.87. The van der Waals surface area contributed by atoms with Crippen molar-refractivity contribution in [3.8, 4) is 28.8 Å². The van der Waals surface area contributed by atoms with Gasteiger partial charge in [0.25, 0.3) is 0 Å². The highest BCUT2D eigenvalue weighted by molar-refractivity contribution is 5.65. The third kappa shape index (κ3) is 4.45. The van der Waals surface area contributed by atoms with Gasteiger partial charge in [-0.2, -0.15) is 18.2 Å². The Bertz CT molecular complexity index is 1300. The molecule has 0 radical (unpaired) electrons. The van der Waals surface area contributed by atoms with Gasteiger partial charge in [0.2, 0.25) is 17.7 Å². The lowest BCUT2D eigenvalue weighted by Crippen LogP contribution is -2.07. The smallest absolute Gasteiger partial charge is 0.416 e. The molecule has 4 rings (SSSR count). The van der Waals surface area contributed by atoms with Crippen LogP contribution < -0.4 is 14.8 Å². The number of imidazole rings is 1. The van der Waals surface area contributed by atoms with Crippen LogP contribution in [0.4, 0.5) is 24.8 Å². The Labute approximate surface area is 186 Å². The van der Waals surface area contributed by atoms with Crippen molar-refractivity contribution in [1.82, 2.24) is 29.3 Å². The molecule has 1 aromatic carbocycles. The van der Waals surface area contributed by atoms with Crippen molar-refractivity contribution in [2.45, 2.75) is 13.1 Å². The number of anilines is 2. The van der Waals surface area contributed by atoms with Crippen molar-refractivity contribution in [1.29, 1.82) is 0 Å². The summed E-state index contributed by atoms with van der Waals surface area (Å²) in [6.07, 6.45) is -1.01. The summed E-state index contributed by atoms with van der Waals surface area (Å²) in [5.74, 6) is 1.04. The van der Waals surface area contributed by atoms with E-state index < -0.39 is 11.7 Å². The molecular weight excluding hydrogens is 439 g/mol. The molecule has 0 aliphatic heterocycles. The van der Waals surface area contributed by atoms with Crippen LogP contribution in [0.25, 0.3) is 17.2 Å². The Balaban J connectivity index is 1.67. The van der Waals surface area contributed by atoms with Crippen molar-refractivity contribution < 1.29 is 22.6 Å². The lowest BCUT2D eigenvalue weighted by molar-refractivity contribution is -0.137. The number of nitrogens with one attached hydrogen (secondary N) is 1. The molecule has 4 aromatic rings. The zero-order valence-corrected chi connectivity index (χ0v) is 18.2. The monoisotopic (exact) mass is 459 g/mol. The second-order valence-corrected chi connectivity index (χ2v) is 7.07. The highest BCUT2D eigenvalue weighted by Crippen LogP contribution is 2.36. The van der Waals surface area contributed by atoms with Crippen LogP contribution in [-0.4, -0.2) is 43.5 Å². The molecule has 3 aromatic heterocycles. The fraction of sp³-hybridized carbons (Fsp3) is 0.238. The second kappa shape index (κ2) is 8.45. The number of aryl methyl sites for hydroxylation is 2. The fourth-order valence-corrected chi connectivity index (χ4v) is 3.16. The van der Waals surface area contributed by atoms with Gasteiger partial charge in [-0.1, -0.05) is 0 Å². The van der Waals surface area contributed by atoms with Crippen LogP contribution in [0.15, 0.2) is 42.9 Å². The van der Waals surface area contributed by atoms with Crippen LogP contribution in [0.5, 0.6) is 11.6 Å². The first-order valence-electron chi connectivity index (χ1n) is 9.69.